The number of hydrogen-bond donors (Lipinski definition) is 0. The van der Waals surface area contributed by atoms with Crippen molar-refractivity contribution in [2.75, 3.05) is 7.05 Å². The molecular weight excluding hydrogens is 308 g/mol. The molecule has 0 radical (unpaired) electrons. The number of carbonyl (C=O) groups excluding carboxylic acids is 1. The molecule has 2 heterocycles. The monoisotopic (exact) mass is 334 g/mol. The topological polar surface area (TPSA) is 23.6 Å². The maximum absolute atomic E-state index is 12.8. The molecular formula is C22H26N2O. The van der Waals surface area contributed by atoms with Gasteiger partial charge in [0.15, 0.2) is 0 Å². The van der Waals surface area contributed by atoms with E-state index in [-0.39, 0.29) is 5.91 Å². The number of rotatable bonds is 4. The van der Waals surface area contributed by atoms with Gasteiger partial charge >= 0.3 is 0 Å². The Morgan fingerprint density at radius 3 is 2.12 bits per heavy atom. The molecule has 2 aromatic rings. The number of benzene rings is 2. The molecule has 3 nitrogen and oxygen atoms in total. The average molecular weight is 334 g/mol. The number of amides is 1. The molecule has 0 spiro atoms. The van der Waals surface area contributed by atoms with Crippen molar-refractivity contribution in [3.8, 4) is 0 Å². The maximum Gasteiger partial charge on any atom is 0.253 e. The molecule has 2 fully saturated rings. The smallest absolute Gasteiger partial charge is 0.253 e. The second-order valence-corrected chi connectivity index (χ2v) is 7.45. The number of nitrogens with zero attached hydrogens (tertiary/aromatic N) is 2. The van der Waals surface area contributed by atoms with E-state index in [1.165, 1.54) is 18.4 Å². The van der Waals surface area contributed by atoms with Crippen LogP contribution < -0.4 is 0 Å². The summed E-state index contributed by atoms with van der Waals surface area (Å²) < 4.78 is 0. The minimum atomic E-state index is 0.154. The highest BCUT2D eigenvalue weighted by Gasteiger charge is 2.42. The molecule has 1 amide bonds. The van der Waals surface area contributed by atoms with Gasteiger partial charge in [-0.2, -0.15) is 0 Å². The van der Waals surface area contributed by atoms with Crippen molar-refractivity contribution in [1.29, 1.82) is 0 Å². The van der Waals surface area contributed by atoms with Crippen LogP contribution in [0.25, 0.3) is 0 Å². The van der Waals surface area contributed by atoms with Gasteiger partial charge in [-0.3, -0.25) is 9.69 Å². The van der Waals surface area contributed by atoms with Crippen LogP contribution in [0, 0.1) is 0 Å². The molecule has 0 saturated carbocycles. The van der Waals surface area contributed by atoms with Gasteiger partial charge in [0.2, 0.25) is 0 Å². The Bertz CT molecular complexity index is 701. The van der Waals surface area contributed by atoms with E-state index in [2.05, 4.69) is 35.2 Å². The van der Waals surface area contributed by atoms with Crippen molar-refractivity contribution in [2.24, 2.45) is 0 Å². The Hall–Kier alpha value is -2.13. The van der Waals surface area contributed by atoms with Gasteiger partial charge in [-0.1, -0.05) is 48.5 Å². The third-order valence-electron chi connectivity index (χ3n) is 5.96. The van der Waals surface area contributed by atoms with Crippen LogP contribution in [0.15, 0.2) is 60.7 Å². The molecule has 0 N–H and O–H groups in total. The average Bonchev–Trinajstić information content (AvgIpc) is 2.90. The van der Waals surface area contributed by atoms with Crippen LogP contribution in [0.1, 0.15) is 41.6 Å². The molecule has 0 aromatic heterocycles. The quantitative estimate of drug-likeness (QED) is 0.845. The summed E-state index contributed by atoms with van der Waals surface area (Å²) in [6, 6.07) is 22.0. The van der Waals surface area contributed by atoms with Crippen LogP contribution in [-0.2, 0) is 6.54 Å². The van der Waals surface area contributed by atoms with Gasteiger partial charge in [-0.25, -0.2) is 0 Å². The second kappa shape index (κ2) is 7.01. The van der Waals surface area contributed by atoms with E-state index >= 15 is 0 Å². The number of carbonyl (C=O) groups is 1. The van der Waals surface area contributed by atoms with E-state index in [0.29, 0.717) is 18.1 Å². The van der Waals surface area contributed by atoms with Crippen LogP contribution in [0.4, 0.5) is 0 Å². The molecule has 25 heavy (non-hydrogen) atoms. The van der Waals surface area contributed by atoms with Crippen molar-refractivity contribution in [3.05, 3.63) is 71.8 Å². The molecule has 4 rings (SSSR count). The van der Waals surface area contributed by atoms with Gasteiger partial charge < -0.3 is 4.90 Å². The Labute approximate surface area is 150 Å². The molecule has 2 aromatic carbocycles. The second-order valence-electron chi connectivity index (χ2n) is 7.45. The summed E-state index contributed by atoms with van der Waals surface area (Å²) in [7, 11) is 1.98. The molecule has 2 bridgehead atoms. The molecule has 2 atom stereocenters. The summed E-state index contributed by atoms with van der Waals surface area (Å²) in [6.07, 6.45) is 4.72. The SMILES string of the molecule is CN(C(=O)c1ccccc1)C1CC2CCC(C1)N2Cc1ccccc1. The van der Waals surface area contributed by atoms with Crippen molar-refractivity contribution in [1.82, 2.24) is 9.80 Å². The molecule has 3 heteroatoms. The van der Waals surface area contributed by atoms with Crippen LogP contribution in [0.2, 0.25) is 0 Å². The van der Waals surface area contributed by atoms with Crippen molar-refractivity contribution in [3.63, 3.8) is 0 Å². The Morgan fingerprint density at radius 1 is 0.960 bits per heavy atom. The Balaban J connectivity index is 1.43. The minimum absolute atomic E-state index is 0.154. The maximum atomic E-state index is 12.8. The number of piperidine rings is 1. The fourth-order valence-corrected chi connectivity index (χ4v) is 4.56. The zero-order chi connectivity index (χ0) is 17.2. The van der Waals surface area contributed by atoms with Gasteiger partial charge in [0, 0.05) is 37.3 Å². The van der Waals surface area contributed by atoms with Gasteiger partial charge in [0.25, 0.3) is 5.91 Å². The molecule has 0 aliphatic carbocycles. The Kier molecular flexibility index (Phi) is 4.58. The number of hydrogen-bond acceptors (Lipinski definition) is 2. The fourth-order valence-electron chi connectivity index (χ4n) is 4.56. The third kappa shape index (κ3) is 3.34. The zero-order valence-electron chi connectivity index (χ0n) is 14.8. The minimum Gasteiger partial charge on any atom is -0.339 e. The lowest BCUT2D eigenvalue weighted by Crippen LogP contribution is -2.50. The molecule has 2 unspecified atom stereocenters. The normalized spacial score (nSPS) is 25.7. The summed E-state index contributed by atoms with van der Waals surface area (Å²) >= 11 is 0. The lowest BCUT2D eigenvalue weighted by molar-refractivity contribution is 0.0477. The molecule has 2 saturated heterocycles. The molecule has 2 aliphatic heterocycles. The van der Waals surface area contributed by atoms with Gasteiger partial charge in [-0.15, -0.1) is 0 Å². The first-order valence-electron chi connectivity index (χ1n) is 9.34. The fraction of sp³-hybridized carbons (Fsp3) is 0.409. The summed E-state index contributed by atoms with van der Waals surface area (Å²) in [4.78, 5) is 17.4. The van der Waals surface area contributed by atoms with Crippen LogP contribution in [-0.4, -0.2) is 40.9 Å². The first kappa shape index (κ1) is 16.3. The van der Waals surface area contributed by atoms with Gasteiger partial charge in [-0.05, 0) is 43.4 Å². The van der Waals surface area contributed by atoms with Crippen molar-refractivity contribution >= 4 is 5.91 Å². The van der Waals surface area contributed by atoms with Gasteiger partial charge in [0.1, 0.15) is 0 Å². The summed E-state index contributed by atoms with van der Waals surface area (Å²) in [5, 5.41) is 0. The van der Waals surface area contributed by atoms with E-state index in [1.807, 2.05) is 42.3 Å². The highest BCUT2D eigenvalue weighted by Crippen LogP contribution is 2.38. The summed E-state index contributed by atoms with van der Waals surface area (Å²) in [5.74, 6) is 0.154. The highest BCUT2D eigenvalue weighted by molar-refractivity contribution is 5.94. The largest absolute Gasteiger partial charge is 0.339 e. The predicted octanol–water partition coefficient (Wildman–Crippen LogP) is 3.95. The van der Waals surface area contributed by atoms with Gasteiger partial charge in [0.05, 0.1) is 0 Å². The van der Waals surface area contributed by atoms with Crippen molar-refractivity contribution in [2.45, 2.75) is 50.4 Å². The highest BCUT2D eigenvalue weighted by atomic mass is 16.2. The summed E-state index contributed by atoms with van der Waals surface area (Å²) in [5.41, 5.74) is 2.19. The predicted molar refractivity (Wildman–Crippen MR) is 100 cm³/mol. The van der Waals surface area contributed by atoms with E-state index in [0.717, 1.165) is 24.9 Å². The Morgan fingerprint density at radius 2 is 1.52 bits per heavy atom. The van der Waals surface area contributed by atoms with E-state index in [4.69, 9.17) is 0 Å². The van der Waals surface area contributed by atoms with E-state index in [9.17, 15) is 4.79 Å². The lowest BCUT2D eigenvalue weighted by atomic mass is 9.95. The molecule has 2 aliphatic rings. The van der Waals surface area contributed by atoms with E-state index in [1.54, 1.807) is 0 Å². The summed E-state index contributed by atoms with van der Waals surface area (Å²) in [6.45, 7) is 1.04. The van der Waals surface area contributed by atoms with Crippen molar-refractivity contribution < 1.29 is 4.79 Å². The first-order chi connectivity index (χ1) is 12.2. The van der Waals surface area contributed by atoms with Crippen LogP contribution in [0.3, 0.4) is 0 Å². The standard InChI is InChI=1S/C22H26N2O/c1-23(22(25)18-10-6-3-7-11-18)21-14-19-12-13-20(15-21)24(19)16-17-8-4-2-5-9-17/h2-11,19-21H,12-16H2,1H3. The van der Waals surface area contributed by atoms with Crippen LogP contribution in [0.5, 0.6) is 0 Å². The third-order valence-corrected chi connectivity index (χ3v) is 5.96. The van der Waals surface area contributed by atoms with E-state index < -0.39 is 0 Å². The lowest BCUT2D eigenvalue weighted by Gasteiger charge is -2.42. The first-order valence-corrected chi connectivity index (χ1v) is 9.34. The zero-order valence-corrected chi connectivity index (χ0v) is 14.8. The number of fused-ring (bicyclic) bond motifs is 2. The van der Waals surface area contributed by atoms with Crippen LogP contribution >= 0.6 is 0 Å². The molecule has 130 valence electrons.